The number of hydrogen-bond acceptors (Lipinski definition) is 3. The lowest BCUT2D eigenvalue weighted by atomic mass is 10.1. The lowest BCUT2D eigenvalue weighted by Crippen LogP contribution is -2.36. The number of thiocarbonyl (C=S) groups is 1. The van der Waals surface area contributed by atoms with Crippen LogP contribution < -0.4 is 10.5 Å². The molecule has 0 fully saturated rings. The Hall–Kier alpha value is -1.62. The van der Waals surface area contributed by atoms with Gasteiger partial charge in [0.1, 0.15) is 5.75 Å². The second-order valence-corrected chi connectivity index (χ2v) is 5.59. The molecule has 1 rings (SSSR count). The SMILES string of the molecule is COc1ccccc1C(=O)N(CCC(N)=S)CC(C)C. The van der Waals surface area contributed by atoms with Crippen LogP contribution in [0, 0.1) is 5.92 Å². The van der Waals surface area contributed by atoms with E-state index in [9.17, 15) is 4.79 Å². The summed E-state index contributed by atoms with van der Waals surface area (Å²) in [6.45, 7) is 5.34. The molecule has 0 heterocycles. The normalized spacial score (nSPS) is 10.4. The first-order valence-electron chi connectivity index (χ1n) is 6.66. The Balaban J connectivity index is 2.93. The molecule has 0 spiro atoms. The van der Waals surface area contributed by atoms with Gasteiger partial charge in [0.15, 0.2) is 0 Å². The molecule has 110 valence electrons. The number of amides is 1. The summed E-state index contributed by atoms with van der Waals surface area (Å²) in [5.41, 5.74) is 6.10. The van der Waals surface area contributed by atoms with Gasteiger partial charge in [-0.3, -0.25) is 4.79 Å². The third kappa shape index (κ3) is 4.81. The topological polar surface area (TPSA) is 55.6 Å². The molecule has 0 atom stereocenters. The van der Waals surface area contributed by atoms with Crippen molar-refractivity contribution in [2.45, 2.75) is 20.3 Å². The molecule has 1 aromatic carbocycles. The second kappa shape index (κ2) is 7.85. The van der Waals surface area contributed by atoms with Crippen LogP contribution in [-0.4, -0.2) is 36.0 Å². The van der Waals surface area contributed by atoms with Crippen LogP contribution in [0.5, 0.6) is 5.75 Å². The van der Waals surface area contributed by atoms with Gasteiger partial charge in [-0.25, -0.2) is 0 Å². The number of benzene rings is 1. The molecule has 1 aromatic rings. The van der Waals surface area contributed by atoms with Crippen LogP contribution in [0.1, 0.15) is 30.6 Å². The van der Waals surface area contributed by atoms with Gasteiger partial charge >= 0.3 is 0 Å². The van der Waals surface area contributed by atoms with E-state index in [4.69, 9.17) is 22.7 Å². The monoisotopic (exact) mass is 294 g/mol. The number of hydrogen-bond donors (Lipinski definition) is 1. The first-order chi connectivity index (χ1) is 9.45. The fourth-order valence-electron chi connectivity index (χ4n) is 1.95. The largest absolute Gasteiger partial charge is 0.496 e. The third-order valence-electron chi connectivity index (χ3n) is 2.84. The quantitative estimate of drug-likeness (QED) is 0.785. The Morgan fingerprint density at radius 3 is 2.60 bits per heavy atom. The molecule has 0 saturated carbocycles. The van der Waals surface area contributed by atoms with Gasteiger partial charge < -0.3 is 15.4 Å². The number of nitrogens with zero attached hydrogens (tertiary/aromatic N) is 1. The van der Waals surface area contributed by atoms with Crippen molar-refractivity contribution in [1.82, 2.24) is 4.90 Å². The highest BCUT2D eigenvalue weighted by Gasteiger charge is 2.20. The van der Waals surface area contributed by atoms with E-state index in [0.717, 1.165) is 0 Å². The summed E-state index contributed by atoms with van der Waals surface area (Å²) in [5, 5.41) is 0. The summed E-state index contributed by atoms with van der Waals surface area (Å²) in [7, 11) is 1.56. The number of para-hydroxylation sites is 1. The van der Waals surface area contributed by atoms with Crippen molar-refractivity contribution >= 4 is 23.1 Å². The number of ether oxygens (including phenoxy) is 1. The zero-order valence-corrected chi connectivity index (χ0v) is 13.1. The van der Waals surface area contributed by atoms with E-state index < -0.39 is 0 Å². The molecule has 1 amide bonds. The predicted octanol–water partition coefficient (Wildman–Crippen LogP) is 2.47. The number of carbonyl (C=O) groups excluding carboxylic acids is 1. The first kappa shape index (κ1) is 16.4. The van der Waals surface area contributed by atoms with Gasteiger partial charge in [-0.15, -0.1) is 0 Å². The van der Waals surface area contributed by atoms with Crippen molar-refractivity contribution in [2.75, 3.05) is 20.2 Å². The number of nitrogens with two attached hydrogens (primary N) is 1. The lowest BCUT2D eigenvalue weighted by Gasteiger charge is -2.25. The number of carbonyl (C=O) groups is 1. The van der Waals surface area contributed by atoms with Crippen molar-refractivity contribution in [3.05, 3.63) is 29.8 Å². The summed E-state index contributed by atoms with van der Waals surface area (Å²) in [6.07, 6.45) is 0.531. The molecular weight excluding hydrogens is 272 g/mol. The maximum absolute atomic E-state index is 12.6. The fourth-order valence-corrected chi connectivity index (χ4v) is 2.04. The molecule has 0 aromatic heterocycles. The molecule has 0 bridgehead atoms. The Kier molecular flexibility index (Phi) is 6.45. The van der Waals surface area contributed by atoms with E-state index >= 15 is 0 Å². The summed E-state index contributed by atoms with van der Waals surface area (Å²) in [5.74, 6) is 0.911. The zero-order chi connectivity index (χ0) is 15.1. The molecule has 5 heteroatoms. The van der Waals surface area contributed by atoms with Gasteiger partial charge in [0.05, 0.1) is 17.7 Å². The van der Waals surface area contributed by atoms with Crippen LogP contribution in [0.2, 0.25) is 0 Å². The molecule has 0 aliphatic rings. The number of methoxy groups -OCH3 is 1. The second-order valence-electron chi connectivity index (χ2n) is 5.06. The van der Waals surface area contributed by atoms with E-state index in [2.05, 4.69) is 13.8 Å². The van der Waals surface area contributed by atoms with E-state index in [1.165, 1.54) is 0 Å². The molecular formula is C15H22N2O2S. The van der Waals surface area contributed by atoms with Crippen molar-refractivity contribution in [1.29, 1.82) is 0 Å². The molecule has 0 radical (unpaired) electrons. The van der Waals surface area contributed by atoms with Crippen LogP contribution in [0.3, 0.4) is 0 Å². The molecule has 0 aliphatic heterocycles. The first-order valence-corrected chi connectivity index (χ1v) is 7.07. The Morgan fingerprint density at radius 2 is 2.05 bits per heavy atom. The average Bonchev–Trinajstić information content (AvgIpc) is 2.42. The molecule has 2 N–H and O–H groups in total. The van der Waals surface area contributed by atoms with Crippen LogP contribution in [0.15, 0.2) is 24.3 Å². The third-order valence-corrected chi connectivity index (χ3v) is 3.04. The van der Waals surface area contributed by atoms with Crippen molar-refractivity contribution < 1.29 is 9.53 Å². The zero-order valence-electron chi connectivity index (χ0n) is 12.3. The van der Waals surface area contributed by atoms with Gasteiger partial charge in [-0.05, 0) is 18.1 Å². The maximum atomic E-state index is 12.6. The van der Waals surface area contributed by atoms with Gasteiger partial charge in [0, 0.05) is 19.5 Å². The van der Waals surface area contributed by atoms with Crippen LogP contribution in [0.4, 0.5) is 0 Å². The maximum Gasteiger partial charge on any atom is 0.257 e. The van der Waals surface area contributed by atoms with Gasteiger partial charge in [-0.2, -0.15) is 0 Å². The Labute approximate surface area is 125 Å². The summed E-state index contributed by atoms with van der Waals surface area (Å²) in [4.78, 5) is 14.8. The van der Waals surface area contributed by atoms with Crippen LogP contribution >= 0.6 is 12.2 Å². The fraction of sp³-hybridized carbons (Fsp3) is 0.467. The smallest absolute Gasteiger partial charge is 0.257 e. The highest BCUT2D eigenvalue weighted by atomic mass is 32.1. The average molecular weight is 294 g/mol. The standard InChI is InChI=1S/C15H22N2O2S/c1-11(2)10-17(9-8-14(16)20)15(18)12-6-4-5-7-13(12)19-3/h4-7,11H,8-10H2,1-3H3,(H2,16,20). The molecule has 0 saturated heterocycles. The van der Waals surface area contributed by atoms with Crippen LogP contribution in [0.25, 0.3) is 0 Å². The van der Waals surface area contributed by atoms with Crippen molar-refractivity contribution in [3.8, 4) is 5.75 Å². The van der Waals surface area contributed by atoms with E-state index in [0.29, 0.717) is 41.7 Å². The van der Waals surface area contributed by atoms with E-state index in [1.807, 2.05) is 12.1 Å². The van der Waals surface area contributed by atoms with Gasteiger partial charge in [0.25, 0.3) is 5.91 Å². The van der Waals surface area contributed by atoms with Crippen LogP contribution in [-0.2, 0) is 0 Å². The minimum atomic E-state index is -0.0487. The van der Waals surface area contributed by atoms with Gasteiger partial charge in [0.2, 0.25) is 0 Å². The van der Waals surface area contributed by atoms with Crippen molar-refractivity contribution in [3.63, 3.8) is 0 Å². The summed E-state index contributed by atoms with van der Waals surface area (Å²) >= 11 is 4.89. The van der Waals surface area contributed by atoms with E-state index in [-0.39, 0.29) is 5.91 Å². The summed E-state index contributed by atoms with van der Waals surface area (Å²) in [6, 6.07) is 7.23. The minimum absolute atomic E-state index is 0.0487. The lowest BCUT2D eigenvalue weighted by molar-refractivity contribution is 0.0738. The van der Waals surface area contributed by atoms with Gasteiger partial charge in [-0.1, -0.05) is 38.2 Å². The predicted molar refractivity (Wildman–Crippen MR) is 85.1 cm³/mol. The molecule has 0 unspecified atom stereocenters. The molecule has 20 heavy (non-hydrogen) atoms. The van der Waals surface area contributed by atoms with E-state index in [1.54, 1.807) is 24.1 Å². The number of rotatable bonds is 7. The highest BCUT2D eigenvalue weighted by molar-refractivity contribution is 7.80. The van der Waals surface area contributed by atoms with Crippen molar-refractivity contribution in [2.24, 2.45) is 11.7 Å². The Bertz CT molecular complexity index is 475. The Morgan fingerprint density at radius 1 is 1.40 bits per heavy atom. The highest BCUT2D eigenvalue weighted by Crippen LogP contribution is 2.20. The minimum Gasteiger partial charge on any atom is -0.496 e. The molecule has 0 aliphatic carbocycles. The summed E-state index contributed by atoms with van der Waals surface area (Å²) < 4.78 is 5.25. The molecule has 4 nitrogen and oxygen atoms in total.